The lowest BCUT2D eigenvalue weighted by molar-refractivity contribution is 0.166. The predicted octanol–water partition coefficient (Wildman–Crippen LogP) is 9.50. The number of hydrogen-bond donors (Lipinski definition) is 0. The predicted molar refractivity (Wildman–Crippen MR) is 137 cm³/mol. The summed E-state index contributed by atoms with van der Waals surface area (Å²) in [5, 5.41) is 0. The minimum Gasteiger partial charge on any atom is -0.490 e. The molecule has 0 heterocycles. The molecule has 0 radical (unpaired) electrons. The minimum atomic E-state index is -0.913. The molecule has 0 unspecified atom stereocenters. The van der Waals surface area contributed by atoms with Crippen molar-refractivity contribution >= 4 is 0 Å². The number of unbranched alkanes of at least 4 members (excludes halogenated alkanes) is 4. The fourth-order valence-electron chi connectivity index (χ4n) is 5.97. The van der Waals surface area contributed by atoms with Gasteiger partial charge in [-0.05, 0) is 61.5 Å². The second-order valence-corrected chi connectivity index (χ2v) is 11.1. The van der Waals surface area contributed by atoms with Crippen LogP contribution in [0, 0.1) is 35.3 Å². The quantitative estimate of drug-likeness (QED) is 0.248. The van der Waals surface area contributed by atoms with Crippen LogP contribution in [0.25, 0.3) is 0 Å². The molecule has 2 saturated carbocycles. The molecule has 1 aromatic rings. The Hall–Kier alpha value is -1.32. The first-order valence-corrected chi connectivity index (χ1v) is 14.3. The molecule has 0 spiro atoms. The molecule has 2 fully saturated rings. The Bertz CT molecular complexity index is 691. The van der Waals surface area contributed by atoms with Gasteiger partial charge in [-0.2, -0.15) is 8.78 Å². The van der Waals surface area contributed by atoms with Gasteiger partial charge in [0.1, 0.15) is 0 Å². The molecule has 0 saturated heterocycles. The maximum absolute atomic E-state index is 14.6. The van der Waals surface area contributed by atoms with Gasteiger partial charge in [0.25, 0.3) is 0 Å². The monoisotopic (exact) mass is 478 g/mol. The summed E-state index contributed by atoms with van der Waals surface area (Å²) in [4.78, 5) is 0. The summed E-state index contributed by atoms with van der Waals surface area (Å²) in [6.07, 6.45) is 20.1. The average molecular weight is 479 g/mol. The van der Waals surface area contributed by atoms with Crippen LogP contribution in [-0.4, -0.2) is 13.2 Å². The van der Waals surface area contributed by atoms with E-state index in [1.807, 2.05) is 0 Å². The largest absolute Gasteiger partial charge is 0.490 e. The molecular weight excluding hydrogens is 430 g/mol. The zero-order valence-corrected chi connectivity index (χ0v) is 21.8. The summed E-state index contributed by atoms with van der Waals surface area (Å²) < 4.78 is 40.7. The van der Waals surface area contributed by atoms with E-state index in [2.05, 4.69) is 13.8 Å². The van der Waals surface area contributed by atoms with E-state index in [1.165, 1.54) is 89.2 Å². The van der Waals surface area contributed by atoms with Crippen molar-refractivity contribution in [1.82, 2.24) is 0 Å². The van der Waals surface area contributed by atoms with Crippen LogP contribution in [0.4, 0.5) is 8.78 Å². The van der Waals surface area contributed by atoms with Crippen LogP contribution in [0.3, 0.4) is 0 Å². The minimum absolute atomic E-state index is 0.0139. The van der Waals surface area contributed by atoms with Crippen LogP contribution in [0.1, 0.15) is 117 Å². The van der Waals surface area contributed by atoms with Crippen molar-refractivity contribution in [3.05, 3.63) is 23.8 Å². The lowest BCUT2D eigenvalue weighted by Gasteiger charge is -2.29. The molecule has 0 atom stereocenters. The van der Waals surface area contributed by atoms with Crippen LogP contribution < -0.4 is 9.47 Å². The zero-order chi connectivity index (χ0) is 24.2. The van der Waals surface area contributed by atoms with Crippen molar-refractivity contribution in [3.8, 4) is 11.5 Å². The molecule has 2 nitrogen and oxygen atoms in total. The third-order valence-corrected chi connectivity index (χ3v) is 8.31. The Kier molecular flexibility index (Phi) is 12.0. The van der Waals surface area contributed by atoms with Gasteiger partial charge in [0.2, 0.25) is 11.6 Å². The van der Waals surface area contributed by atoms with Crippen LogP contribution in [0.15, 0.2) is 12.1 Å². The normalized spacial score (nSPS) is 25.3. The second kappa shape index (κ2) is 14.9. The Balaban J connectivity index is 1.36. The first kappa shape index (κ1) is 27.3. The highest BCUT2D eigenvalue weighted by atomic mass is 19.2. The van der Waals surface area contributed by atoms with E-state index in [4.69, 9.17) is 9.47 Å². The molecular formula is C30H48F2O2. The van der Waals surface area contributed by atoms with E-state index in [-0.39, 0.29) is 11.5 Å². The lowest BCUT2D eigenvalue weighted by atomic mass is 9.80. The van der Waals surface area contributed by atoms with E-state index in [0.717, 1.165) is 37.5 Å². The van der Waals surface area contributed by atoms with Gasteiger partial charge in [0, 0.05) is 0 Å². The standard InChI is InChI=1S/C30H48F2O2/c1-3-5-6-7-8-10-24-13-17-26(18-14-24)22-34-28-20-19-27(29(31)30(28)32)33-21-25-15-11-23(9-4-2)12-16-25/h19-20,23-26H,3-18,21-22H2,1-2H3. The van der Waals surface area contributed by atoms with Crippen molar-refractivity contribution in [2.75, 3.05) is 13.2 Å². The molecule has 2 aliphatic rings. The average Bonchev–Trinajstić information content (AvgIpc) is 2.86. The first-order valence-electron chi connectivity index (χ1n) is 14.3. The van der Waals surface area contributed by atoms with E-state index in [0.29, 0.717) is 25.0 Å². The Morgan fingerprint density at radius 1 is 0.588 bits per heavy atom. The summed E-state index contributed by atoms with van der Waals surface area (Å²) in [7, 11) is 0. The third-order valence-electron chi connectivity index (χ3n) is 8.31. The van der Waals surface area contributed by atoms with Crippen molar-refractivity contribution in [2.24, 2.45) is 23.7 Å². The van der Waals surface area contributed by atoms with Gasteiger partial charge in [-0.1, -0.05) is 90.9 Å². The molecule has 194 valence electrons. The SMILES string of the molecule is CCCCCCCC1CCC(COc2ccc(OCC3CCC(CCC)CC3)c(F)c2F)CC1. The molecule has 1 aromatic carbocycles. The molecule has 2 aliphatic carbocycles. The fraction of sp³-hybridized carbons (Fsp3) is 0.800. The Morgan fingerprint density at radius 3 is 1.50 bits per heavy atom. The Labute approximate surface area is 207 Å². The smallest absolute Gasteiger partial charge is 0.204 e. The van der Waals surface area contributed by atoms with Crippen molar-refractivity contribution in [2.45, 2.75) is 117 Å². The molecule has 0 amide bonds. The van der Waals surface area contributed by atoms with E-state index in [9.17, 15) is 8.78 Å². The molecule has 0 bridgehead atoms. The van der Waals surface area contributed by atoms with Crippen LogP contribution >= 0.6 is 0 Å². The van der Waals surface area contributed by atoms with Crippen LogP contribution in [0.5, 0.6) is 11.5 Å². The highest BCUT2D eigenvalue weighted by Gasteiger charge is 2.24. The summed E-state index contributed by atoms with van der Waals surface area (Å²) in [6, 6.07) is 3.07. The van der Waals surface area contributed by atoms with Gasteiger partial charge in [0.05, 0.1) is 13.2 Å². The molecule has 0 aliphatic heterocycles. The van der Waals surface area contributed by atoms with Crippen molar-refractivity contribution in [1.29, 1.82) is 0 Å². The van der Waals surface area contributed by atoms with Gasteiger partial charge in [-0.25, -0.2) is 0 Å². The number of benzene rings is 1. The second-order valence-electron chi connectivity index (χ2n) is 11.1. The van der Waals surface area contributed by atoms with Crippen molar-refractivity contribution in [3.63, 3.8) is 0 Å². The summed E-state index contributed by atoms with van der Waals surface area (Å²) in [5.74, 6) is 0.759. The maximum Gasteiger partial charge on any atom is 0.204 e. The highest BCUT2D eigenvalue weighted by molar-refractivity contribution is 5.35. The van der Waals surface area contributed by atoms with E-state index in [1.54, 1.807) is 0 Å². The Morgan fingerprint density at radius 2 is 1.03 bits per heavy atom. The summed E-state index contributed by atoms with van der Waals surface area (Å²) >= 11 is 0. The van der Waals surface area contributed by atoms with Crippen molar-refractivity contribution < 1.29 is 18.3 Å². The molecule has 0 aromatic heterocycles. The maximum atomic E-state index is 14.6. The van der Waals surface area contributed by atoms with Crippen LogP contribution in [0.2, 0.25) is 0 Å². The molecule has 4 heteroatoms. The first-order chi connectivity index (χ1) is 16.6. The fourth-order valence-corrected chi connectivity index (χ4v) is 5.97. The van der Waals surface area contributed by atoms with E-state index >= 15 is 0 Å². The van der Waals surface area contributed by atoms with Gasteiger partial charge in [0.15, 0.2) is 11.5 Å². The summed E-state index contributed by atoms with van der Waals surface area (Å²) in [6.45, 7) is 5.44. The summed E-state index contributed by atoms with van der Waals surface area (Å²) in [5.41, 5.74) is 0. The molecule has 0 N–H and O–H groups in total. The van der Waals surface area contributed by atoms with E-state index < -0.39 is 11.6 Å². The van der Waals surface area contributed by atoms with Gasteiger partial charge < -0.3 is 9.47 Å². The molecule has 34 heavy (non-hydrogen) atoms. The number of hydrogen-bond acceptors (Lipinski definition) is 2. The number of ether oxygens (including phenoxy) is 2. The number of halogens is 2. The zero-order valence-electron chi connectivity index (χ0n) is 21.8. The number of rotatable bonds is 14. The lowest BCUT2D eigenvalue weighted by Crippen LogP contribution is -2.21. The van der Waals surface area contributed by atoms with Gasteiger partial charge in [-0.15, -0.1) is 0 Å². The van der Waals surface area contributed by atoms with Gasteiger partial charge in [-0.3, -0.25) is 0 Å². The van der Waals surface area contributed by atoms with Crippen LogP contribution in [-0.2, 0) is 0 Å². The molecule has 3 rings (SSSR count). The highest BCUT2D eigenvalue weighted by Crippen LogP contribution is 2.35. The topological polar surface area (TPSA) is 18.5 Å². The third kappa shape index (κ3) is 8.72. The van der Waals surface area contributed by atoms with Gasteiger partial charge >= 0.3 is 0 Å².